The van der Waals surface area contributed by atoms with E-state index in [2.05, 4.69) is 142 Å². The number of nitrogens with one attached hydrogen (secondary N) is 2. The molecule has 6 rings (SSSR count). The van der Waals surface area contributed by atoms with Gasteiger partial charge in [0.15, 0.2) is 5.78 Å². The van der Waals surface area contributed by atoms with Gasteiger partial charge >= 0.3 is 0 Å². The number of fused-ring (bicyclic) bond motifs is 1. The number of anilines is 2. The van der Waals surface area contributed by atoms with E-state index in [1.807, 2.05) is 19.1 Å². The van der Waals surface area contributed by atoms with E-state index in [9.17, 15) is 23.2 Å². The van der Waals surface area contributed by atoms with E-state index in [-0.39, 0.29) is 17.7 Å². The molecule has 1 aromatic heterocycles. The van der Waals surface area contributed by atoms with Gasteiger partial charge in [-0.3, -0.25) is 14.6 Å². The molecule has 0 bridgehead atoms. The summed E-state index contributed by atoms with van der Waals surface area (Å²) in [6.07, 6.45) is 31.7. The van der Waals surface area contributed by atoms with Gasteiger partial charge in [-0.05, 0) is 118 Å². The van der Waals surface area contributed by atoms with Crippen LogP contribution in [0.25, 0.3) is 5.57 Å². The Kier molecular flexibility index (Phi) is 48.4. The summed E-state index contributed by atoms with van der Waals surface area (Å²) in [5.41, 5.74) is 7.77. The molecule has 3 heterocycles. The lowest BCUT2D eigenvalue weighted by atomic mass is 9.92. The normalized spacial score (nSPS) is 15.8. The Morgan fingerprint density at radius 2 is 1.29 bits per heavy atom. The Labute approximate surface area is 520 Å². The van der Waals surface area contributed by atoms with Crippen molar-refractivity contribution in [2.45, 2.75) is 250 Å². The van der Waals surface area contributed by atoms with Crippen LogP contribution in [0.3, 0.4) is 0 Å². The molecule has 1 amide bonds. The van der Waals surface area contributed by atoms with Gasteiger partial charge in [0.1, 0.15) is 35.5 Å². The predicted octanol–water partition coefficient (Wildman–Crippen LogP) is 19.9. The van der Waals surface area contributed by atoms with E-state index in [0.29, 0.717) is 31.2 Å². The lowest BCUT2D eigenvalue weighted by Crippen LogP contribution is -2.51. The van der Waals surface area contributed by atoms with Crippen LogP contribution < -0.4 is 15.5 Å². The average Bonchev–Trinajstić information content (AvgIpc) is 3.69. The first kappa shape index (κ1) is 82.1. The minimum Gasteiger partial charge on any atom is -0.500 e. The zero-order valence-electron chi connectivity index (χ0n) is 57.9. The summed E-state index contributed by atoms with van der Waals surface area (Å²) in [6.45, 7) is 29.5. The van der Waals surface area contributed by atoms with Gasteiger partial charge in [-0.25, -0.2) is 8.78 Å². The van der Waals surface area contributed by atoms with Crippen LogP contribution in [-0.4, -0.2) is 89.6 Å². The number of pyridine rings is 1. The molecule has 10 nitrogen and oxygen atoms in total. The Hall–Kier alpha value is -4.94. The third kappa shape index (κ3) is 38.1. The number of ether oxygens (including phenoxy) is 2. The van der Waals surface area contributed by atoms with E-state index in [1.165, 1.54) is 133 Å². The molecule has 1 saturated carbocycles. The molecule has 12 heteroatoms. The molecule has 3 aliphatic rings. The summed E-state index contributed by atoms with van der Waals surface area (Å²) >= 11 is 0. The number of allylic oxidation sites excluding steroid dienone is 1. The second-order valence-corrected chi connectivity index (χ2v) is 24.3. The van der Waals surface area contributed by atoms with Crippen LogP contribution in [-0.2, 0) is 19.1 Å². The molecule has 1 aliphatic carbocycles. The van der Waals surface area contributed by atoms with Crippen molar-refractivity contribution in [2.75, 3.05) is 66.3 Å². The number of carbonyl (C=O) groups is 3. The van der Waals surface area contributed by atoms with Crippen LogP contribution in [0, 0.1) is 50.2 Å². The van der Waals surface area contributed by atoms with Crippen LogP contribution in [0.15, 0.2) is 66.2 Å². The van der Waals surface area contributed by atoms with E-state index >= 15 is 0 Å². The molecule has 4 atom stereocenters. The van der Waals surface area contributed by atoms with Crippen molar-refractivity contribution in [1.82, 2.24) is 10.3 Å². The van der Waals surface area contributed by atoms with E-state index in [4.69, 9.17) is 9.72 Å². The summed E-state index contributed by atoms with van der Waals surface area (Å²) in [5, 5.41) is 5.95. The fourth-order valence-electron chi connectivity index (χ4n) is 9.45. The van der Waals surface area contributed by atoms with Crippen molar-refractivity contribution >= 4 is 34.9 Å². The predicted molar refractivity (Wildman–Crippen MR) is 361 cm³/mol. The molecule has 4 unspecified atom stereocenters. The number of likely N-dealkylation sites (N-methyl/N-ethyl adjacent to an activating group) is 1. The van der Waals surface area contributed by atoms with Crippen LogP contribution >= 0.6 is 0 Å². The van der Waals surface area contributed by atoms with Gasteiger partial charge in [0.05, 0.1) is 56.8 Å². The minimum atomic E-state index is -0.521. The number of nitrogens with zero attached hydrogens (tertiary/aromatic N) is 3. The summed E-state index contributed by atoms with van der Waals surface area (Å²) in [7, 11) is 13.1. The second kappa shape index (κ2) is 50.1. The smallest absolute Gasteiger partial charge is 0.219 e. The molecular weight excluding hydrogens is 1060 g/mol. The fourth-order valence-corrected chi connectivity index (χ4v) is 9.45. The third-order valence-corrected chi connectivity index (χ3v) is 16.0. The topological polar surface area (TPSA) is 110 Å². The molecule has 3 aromatic rings. The summed E-state index contributed by atoms with van der Waals surface area (Å²) in [6, 6.07) is 14.0. The maximum atomic E-state index is 13.1. The average molecular weight is 1190 g/mol. The van der Waals surface area contributed by atoms with Gasteiger partial charge in [-0.1, -0.05) is 178 Å². The first-order valence-electron chi connectivity index (χ1n) is 32.8. The number of halogens is 2. The molecule has 85 heavy (non-hydrogen) atoms. The van der Waals surface area contributed by atoms with Crippen molar-refractivity contribution in [3.63, 3.8) is 0 Å². The number of amides is 1. The zero-order chi connectivity index (χ0) is 64.8. The second-order valence-electron chi connectivity index (χ2n) is 24.3. The lowest BCUT2D eigenvalue weighted by molar-refractivity contribution is -0.906. The standard InChI is InChI=1S/C29H39N4O2.C11H24.C9H20.C7H6F2.C6H11NO2.C5H10.C4H10.C2H6O/c1-19-12-13-23-25(16-19)32(4)28(31-23)11-9-8-10-26(34)22-17-20(2)30-24(18-22)29-21(3)33(5,6)15-14-27(29)35-7;1-5-7-11(4)9-8-10(3)6-2;1-4-6-7-8-9(3)5-2;1-5-2-6(8)4-7(9)3-5;1-7-6(9)4-2-3-5-8;1-2-4-5-3-1;1-3-4-2;1-3-2/h11-13,16-18,21,31H,8-10,14-15H2,1-7H3;10-11H,5-9H2,1-4H3;9H,4-8H2,1-3H3;2-4H,1H3;5H,2-4H2,1H3,(H,7,9);1-5H2;3-4H2,1-2H3;1-2H3/q+1;;;;;;;/b28-11-;;;;;;;. The van der Waals surface area contributed by atoms with E-state index in [0.717, 1.165) is 100 Å². The highest BCUT2D eigenvalue weighted by atomic mass is 19.1. The Morgan fingerprint density at radius 3 is 1.80 bits per heavy atom. The number of carbonyl (C=O) groups excluding carboxylic acids is 3. The van der Waals surface area contributed by atoms with Crippen molar-refractivity contribution in [2.24, 2.45) is 17.8 Å². The molecular formula is C73H126F2N5O5+. The Balaban J connectivity index is 0. The highest BCUT2D eigenvalue weighted by molar-refractivity contribution is 5.97. The highest BCUT2D eigenvalue weighted by Gasteiger charge is 2.37. The number of hydrogen-bond donors (Lipinski definition) is 2. The number of benzene rings is 2. The number of aromatic nitrogens is 1. The Bertz CT molecular complexity index is 2230. The molecule has 2 N–H and O–H groups in total. The number of rotatable bonds is 23. The van der Waals surface area contributed by atoms with Crippen LogP contribution in [0.5, 0.6) is 0 Å². The van der Waals surface area contributed by atoms with E-state index < -0.39 is 11.6 Å². The number of aldehydes is 1. The summed E-state index contributed by atoms with van der Waals surface area (Å²) in [5.74, 6) is 4.03. The number of Topliss-reactive ketones (excluding diaryl/α,β-unsaturated/α-hetero) is 1. The van der Waals surface area contributed by atoms with Gasteiger partial charge in [0.25, 0.3) is 0 Å². The van der Waals surface area contributed by atoms with Gasteiger partial charge in [-0.15, -0.1) is 0 Å². The monoisotopic (exact) mass is 1190 g/mol. The first-order chi connectivity index (χ1) is 40.4. The Morgan fingerprint density at radius 1 is 0.729 bits per heavy atom. The van der Waals surface area contributed by atoms with Crippen LogP contribution in [0.1, 0.15) is 256 Å². The van der Waals surface area contributed by atoms with Crippen molar-refractivity contribution in [3.8, 4) is 0 Å². The lowest BCUT2D eigenvalue weighted by Gasteiger charge is -2.41. The molecule has 0 saturated heterocycles. The first-order valence-corrected chi connectivity index (χ1v) is 32.8. The molecule has 486 valence electrons. The molecule has 2 aromatic carbocycles. The number of unbranched alkanes of at least 4 members (excludes halogenated alkanes) is 5. The van der Waals surface area contributed by atoms with Gasteiger partial charge in [0, 0.05) is 64.9 Å². The van der Waals surface area contributed by atoms with Crippen molar-refractivity contribution in [1.29, 1.82) is 0 Å². The molecule has 2 aliphatic heterocycles. The number of quaternary nitrogens is 1. The quantitative estimate of drug-likeness (QED) is 0.0418. The largest absolute Gasteiger partial charge is 0.500 e. The number of ketones is 1. The van der Waals surface area contributed by atoms with Crippen LogP contribution in [0.4, 0.5) is 20.2 Å². The van der Waals surface area contributed by atoms with Crippen LogP contribution in [0.2, 0.25) is 0 Å². The molecule has 0 spiro atoms. The summed E-state index contributed by atoms with van der Waals surface area (Å²) in [4.78, 5) is 40.3. The third-order valence-electron chi connectivity index (χ3n) is 16.0. The SMILES string of the molecule is C1CCCC1.CCCC.CCCC(C)CCC(C)CC.CCCCCC(C)CC.CNC(=O)CCCC=O.COC.COC1=C(c2cc(C(=O)CCC/C=C3/Nc4ccc(C)cc4N3C)cc(C)n2)C(C)[N+](C)(C)CC1.Cc1cc(F)cc(F)c1. The zero-order valence-corrected chi connectivity index (χ0v) is 57.9. The number of methoxy groups -OCH3 is 2. The minimum absolute atomic E-state index is 0.00292. The fraction of sp³-hybridized carbons (Fsp3) is 0.671. The number of aryl methyl sites for hydroxylation is 3. The van der Waals surface area contributed by atoms with E-state index in [1.54, 1.807) is 35.3 Å². The molecule has 1 fully saturated rings. The highest BCUT2D eigenvalue weighted by Crippen LogP contribution is 2.37. The molecule has 0 radical (unpaired) electrons. The number of hydrogen-bond acceptors (Lipinski definition) is 8. The van der Waals surface area contributed by atoms with Crippen molar-refractivity contribution < 1.29 is 37.1 Å². The maximum absolute atomic E-state index is 13.1. The summed E-state index contributed by atoms with van der Waals surface area (Å²) < 4.78 is 35.3. The maximum Gasteiger partial charge on any atom is 0.219 e. The van der Waals surface area contributed by atoms with Gasteiger partial charge < -0.3 is 34.3 Å². The van der Waals surface area contributed by atoms with Crippen molar-refractivity contribution in [3.05, 3.63) is 106 Å². The van der Waals surface area contributed by atoms with Gasteiger partial charge in [-0.2, -0.15) is 0 Å². The van der Waals surface area contributed by atoms with Gasteiger partial charge in [0.2, 0.25) is 5.91 Å².